The van der Waals surface area contributed by atoms with Gasteiger partial charge in [-0.3, -0.25) is 4.79 Å². The highest BCUT2D eigenvalue weighted by Crippen LogP contribution is 2.39. The molecule has 0 atom stereocenters. The maximum Gasteiger partial charge on any atom is 0.343 e. The molecular weight excluding hydrogens is 277 g/mol. The minimum absolute atomic E-state index is 0.0639. The topological polar surface area (TPSA) is 68.5 Å². The zero-order valence-electron chi connectivity index (χ0n) is 11.4. The average molecular weight is 291 g/mol. The van der Waals surface area contributed by atoms with Crippen molar-refractivity contribution in [2.45, 2.75) is 25.8 Å². The number of pyridine rings is 1. The van der Waals surface area contributed by atoms with Gasteiger partial charge >= 0.3 is 5.97 Å². The second kappa shape index (κ2) is 4.87. The SMILES string of the molecule is CCOC(=O)c1cn(C2CC2)c2c(O)c(F)ccc2c1=O. The van der Waals surface area contributed by atoms with Gasteiger partial charge in [0.25, 0.3) is 0 Å². The first-order valence-electron chi connectivity index (χ1n) is 6.78. The number of aromatic nitrogens is 1. The molecule has 2 aromatic rings. The van der Waals surface area contributed by atoms with Crippen molar-refractivity contribution < 1.29 is 19.0 Å². The van der Waals surface area contributed by atoms with Crippen LogP contribution in [-0.2, 0) is 4.74 Å². The van der Waals surface area contributed by atoms with Crippen LogP contribution in [0.5, 0.6) is 5.75 Å². The number of fused-ring (bicyclic) bond motifs is 1. The molecule has 5 nitrogen and oxygen atoms in total. The Balaban J connectivity index is 2.34. The van der Waals surface area contributed by atoms with Crippen LogP contribution < -0.4 is 5.43 Å². The molecule has 1 aliphatic carbocycles. The molecule has 0 radical (unpaired) electrons. The molecule has 0 amide bonds. The van der Waals surface area contributed by atoms with Crippen molar-refractivity contribution in [2.75, 3.05) is 6.61 Å². The molecule has 1 aromatic heterocycles. The summed E-state index contributed by atoms with van der Waals surface area (Å²) in [4.78, 5) is 24.2. The largest absolute Gasteiger partial charge is 0.503 e. The summed E-state index contributed by atoms with van der Waals surface area (Å²) in [6, 6.07) is 2.37. The third-order valence-electron chi connectivity index (χ3n) is 3.55. The number of phenols is 1. The van der Waals surface area contributed by atoms with E-state index < -0.39 is 23.0 Å². The monoisotopic (exact) mass is 291 g/mol. The molecule has 1 aliphatic rings. The molecule has 1 aromatic carbocycles. The summed E-state index contributed by atoms with van der Waals surface area (Å²) in [7, 11) is 0. The van der Waals surface area contributed by atoms with Crippen molar-refractivity contribution in [3.05, 3.63) is 39.9 Å². The summed E-state index contributed by atoms with van der Waals surface area (Å²) in [5, 5.41) is 10.0. The molecule has 0 aliphatic heterocycles. The fourth-order valence-electron chi connectivity index (χ4n) is 2.40. The van der Waals surface area contributed by atoms with E-state index in [0.29, 0.717) is 0 Å². The van der Waals surface area contributed by atoms with E-state index in [1.54, 1.807) is 11.5 Å². The van der Waals surface area contributed by atoms with Gasteiger partial charge in [-0.1, -0.05) is 0 Å². The number of halogens is 1. The number of ether oxygens (including phenoxy) is 1. The van der Waals surface area contributed by atoms with Gasteiger partial charge in [0, 0.05) is 12.2 Å². The summed E-state index contributed by atoms with van der Waals surface area (Å²) < 4.78 is 20.0. The predicted octanol–water partition coefficient (Wildman–Crippen LogP) is 2.36. The number of benzene rings is 1. The molecule has 110 valence electrons. The van der Waals surface area contributed by atoms with E-state index in [0.717, 1.165) is 18.9 Å². The maximum absolute atomic E-state index is 13.6. The molecule has 1 fully saturated rings. The number of carbonyl (C=O) groups excluding carboxylic acids is 1. The quantitative estimate of drug-likeness (QED) is 0.881. The lowest BCUT2D eigenvalue weighted by Crippen LogP contribution is -2.21. The Morgan fingerprint density at radius 3 is 2.81 bits per heavy atom. The first-order valence-corrected chi connectivity index (χ1v) is 6.78. The van der Waals surface area contributed by atoms with E-state index in [1.807, 2.05) is 0 Å². The van der Waals surface area contributed by atoms with Crippen LogP contribution in [0.3, 0.4) is 0 Å². The summed E-state index contributed by atoms with van der Waals surface area (Å²) in [5.74, 6) is -2.06. The Morgan fingerprint density at radius 1 is 1.48 bits per heavy atom. The van der Waals surface area contributed by atoms with Crippen LogP contribution in [0.1, 0.15) is 36.2 Å². The number of nitrogens with zero attached hydrogens (tertiary/aromatic N) is 1. The summed E-state index contributed by atoms with van der Waals surface area (Å²) in [6.45, 7) is 1.81. The lowest BCUT2D eigenvalue weighted by atomic mass is 10.1. The number of phenolic OH excluding ortho intramolecular Hbond substituents is 1. The predicted molar refractivity (Wildman–Crippen MR) is 74.1 cm³/mol. The fraction of sp³-hybridized carbons (Fsp3) is 0.333. The molecular formula is C15H14FNO4. The van der Waals surface area contributed by atoms with Gasteiger partial charge in [0.1, 0.15) is 5.56 Å². The van der Waals surface area contributed by atoms with Crippen molar-refractivity contribution in [1.82, 2.24) is 4.57 Å². The van der Waals surface area contributed by atoms with Crippen LogP contribution in [0.25, 0.3) is 10.9 Å². The van der Waals surface area contributed by atoms with Crippen molar-refractivity contribution >= 4 is 16.9 Å². The Morgan fingerprint density at radius 2 is 2.19 bits per heavy atom. The molecule has 0 unspecified atom stereocenters. The first kappa shape index (κ1) is 13.6. The van der Waals surface area contributed by atoms with Gasteiger partial charge in [-0.25, -0.2) is 9.18 Å². The van der Waals surface area contributed by atoms with Crippen molar-refractivity contribution in [1.29, 1.82) is 0 Å². The highest BCUT2D eigenvalue weighted by molar-refractivity contribution is 5.95. The Hall–Kier alpha value is -2.37. The van der Waals surface area contributed by atoms with Gasteiger partial charge in [-0.2, -0.15) is 0 Å². The van der Waals surface area contributed by atoms with E-state index in [9.17, 15) is 19.1 Å². The van der Waals surface area contributed by atoms with E-state index in [2.05, 4.69) is 0 Å². The molecule has 3 rings (SSSR count). The van der Waals surface area contributed by atoms with Crippen LogP contribution in [0.15, 0.2) is 23.1 Å². The molecule has 0 saturated heterocycles. The molecule has 1 heterocycles. The van der Waals surface area contributed by atoms with E-state index in [1.165, 1.54) is 12.3 Å². The van der Waals surface area contributed by atoms with Crippen LogP contribution >= 0.6 is 0 Å². The Bertz CT molecular complexity index is 792. The van der Waals surface area contributed by atoms with Crippen LogP contribution in [-0.4, -0.2) is 22.2 Å². The molecule has 0 spiro atoms. The standard InChI is InChI=1S/C15H14FNO4/c1-2-21-15(20)10-7-17(8-3-4-8)12-9(13(10)18)5-6-11(16)14(12)19/h5-8,19H,2-4H2,1H3. The first-order chi connectivity index (χ1) is 10.0. The van der Waals surface area contributed by atoms with E-state index in [-0.39, 0.29) is 29.1 Å². The molecule has 0 bridgehead atoms. The average Bonchev–Trinajstić information content (AvgIpc) is 3.28. The smallest absolute Gasteiger partial charge is 0.343 e. The second-order valence-electron chi connectivity index (χ2n) is 5.02. The van der Waals surface area contributed by atoms with Gasteiger partial charge in [0.05, 0.1) is 17.5 Å². The fourth-order valence-corrected chi connectivity index (χ4v) is 2.40. The van der Waals surface area contributed by atoms with Gasteiger partial charge in [0.2, 0.25) is 5.43 Å². The highest BCUT2D eigenvalue weighted by Gasteiger charge is 2.28. The highest BCUT2D eigenvalue weighted by atomic mass is 19.1. The Kier molecular flexibility index (Phi) is 3.16. The van der Waals surface area contributed by atoms with Gasteiger partial charge in [-0.15, -0.1) is 0 Å². The summed E-state index contributed by atoms with van der Waals surface area (Å²) >= 11 is 0. The van der Waals surface area contributed by atoms with E-state index in [4.69, 9.17) is 4.74 Å². The number of aromatic hydroxyl groups is 1. The van der Waals surface area contributed by atoms with Crippen molar-refractivity contribution in [3.63, 3.8) is 0 Å². The van der Waals surface area contributed by atoms with Crippen molar-refractivity contribution in [3.8, 4) is 5.75 Å². The lowest BCUT2D eigenvalue weighted by Gasteiger charge is -2.13. The third kappa shape index (κ3) is 2.16. The van der Waals surface area contributed by atoms with Gasteiger partial charge < -0.3 is 14.4 Å². The van der Waals surface area contributed by atoms with Crippen LogP contribution in [0.2, 0.25) is 0 Å². The van der Waals surface area contributed by atoms with Crippen LogP contribution in [0, 0.1) is 5.82 Å². The molecule has 1 N–H and O–H groups in total. The van der Waals surface area contributed by atoms with E-state index >= 15 is 0 Å². The normalized spacial score (nSPS) is 14.4. The number of hydrogen-bond donors (Lipinski definition) is 1. The summed E-state index contributed by atoms with van der Waals surface area (Å²) in [5.41, 5.74) is -0.520. The number of rotatable bonds is 3. The molecule has 1 saturated carbocycles. The number of carbonyl (C=O) groups is 1. The minimum Gasteiger partial charge on any atom is -0.503 e. The number of hydrogen-bond acceptors (Lipinski definition) is 4. The lowest BCUT2D eigenvalue weighted by molar-refractivity contribution is 0.0524. The van der Waals surface area contributed by atoms with Crippen molar-refractivity contribution in [2.24, 2.45) is 0 Å². The zero-order chi connectivity index (χ0) is 15.1. The third-order valence-corrected chi connectivity index (χ3v) is 3.55. The van der Waals surface area contributed by atoms with Crippen LogP contribution in [0.4, 0.5) is 4.39 Å². The molecule has 21 heavy (non-hydrogen) atoms. The Labute approximate surface area is 119 Å². The van der Waals surface area contributed by atoms with Gasteiger partial charge in [-0.05, 0) is 31.9 Å². The minimum atomic E-state index is -0.791. The van der Waals surface area contributed by atoms with Gasteiger partial charge in [0.15, 0.2) is 11.6 Å². The number of esters is 1. The molecule has 6 heteroatoms. The summed E-state index contributed by atoms with van der Waals surface area (Å²) in [6.07, 6.45) is 3.08. The second-order valence-corrected chi connectivity index (χ2v) is 5.02. The maximum atomic E-state index is 13.6. The zero-order valence-corrected chi connectivity index (χ0v) is 11.4.